The second-order valence-electron chi connectivity index (χ2n) is 10.1. The van der Waals surface area contributed by atoms with Crippen LogP contribution >= 0.6 is 11.6 Å². The Kier molecular flexibility index (Phi) is 7.32. The number of benzene rings is 3. The number of nitrogens with zero attached hydrogens (tertiary/aromatic N) is 1. The lowest BCUT2D eigenvalue weighted by molar-refractivity contribution is -0.139. The fourth-order valence-corrected chi connectivity index (χ4v) is 4.68. The summed E-state index contributed by atoms with van der Waals surface area (Å²) < 4.78 is 5.50. The highest BCUT2D eigenvalue weighted by Gasteiger charge is 2.46. The second-order valence-corrected chi connectivity index (χ2v) is 10.6. The summed E-state index contributed by atoms with van der Waals surface area (Å²) in [4.78, 5) is 28.1. The van der Waals surface area contributed by atoms with Crippen LogP contribution in [0.5, 0.6) is 11.5 Å². The number of ether oxygens (including phenoxy) is 1. The first-order valence-corrected chi connectivity index (χ1v) is 12.4. The highest BCUT2D eigenvalue weighted by Crippen LogP contribution is 2.42. The molecule has 1 aliphatic heterocycles. The number of hydrogen-bond donors (Lipinski definition) is 2. The Morgan fingerprint density at radius 1 is 1.03 bits per heavy atom. The lowest BCUT2D eigenvalue weighted by Gasteiger charge is -2.26. The van der Waals surface area contributed by atoms with Crippen molar-refractivity contribution < 1.29 is 24.5 Å². The summed E-state index contributed by atoms with van der Waals surface area (Å²) in [6.45, 7) is 6.35. The number of carbonyl (C=O) groups is 2. The summed E-state index contributed by atoms with van der Waals surface area (Å²) >= 11 is 6.00. The molecule has 7 heteroatoms. The van der Waals surface area contributed by atoms with E-state index in [-0.39, 0.29) is 29.0 Å². The van der Waals surface area contributed by atoms with E-state index in [2.05, 4.69) is 0 Å². The van der Waals surface area contributed by atoms with Gasteiger partial charge in [-0.3, -0.25) is 9.59 Å². The van der Waals surface area contributed by atoms with Crippen molar-refractivity contribution in [2.75, 3.05) is 13.7 Å². The average molecular weight is 520 g/mol. The molecule has 37 heavy (non-hydrogen) atoms. The zero-order chi connectivity index (χ0) is 26.9. The van der Waals surface area contributed by atoms with Crippen LogP contribution in [-0.2, 0) is 21.4 Å². The third kappa shape index (κ3) is 5.35. The van der Waals surface area contributed by atoms with E-state index in [0.29, 0.717) is 28.3 Å². The van der Waals surface area contributed by atoms with Crippen molar-refractivity contribution in [3.8, 4) is 11.5 Å². The molecule has 0 saturated carbocycles. The van der Waals surface area contributed by atoms with E-state index < -0.39 is 17.7 Å². The van der Waals surface area contributed by atoms with Crippen molar-refractivity contribution >= 4 is 29.1 Å². The Bertz CT molecular complexity index is 1370. The van der Waals surface area contributed by atoms with Crippen molar-refractivity contribution in [1.29, 1.82) is 0 Å². The molecule has 3 aromatic carbocycles. The van der Waals surface area contributed by atoms with Crippen LogP contribution < -0.4 is 4.74 Å². The van der Waals surface area contributed by atoms with Crippen LogP contribution in [0.3, 0.4) is 0 Å². The Morgan fingerprint density at radius 2 is 1.73 bits per heavy atom. The van der Waals surface area contributed by atoms with Crippen LogP contribution in [0, 0.1) is 0 Å². The Hall–Kier alpha value is -3.77. The van der Waals surface area contributed by atoms with Crippen LogP contribution in [0.25, 0.3) is 5.76 Å². The van der Waals surface area contributed by atoms with Gasteiger partial charge in [0.15, 0.2) is 0 Å². The number of phenols is 1. The summed E-state index contributed by atoms with van der Waals surface area (Å²) in [5.74, 6) is -1.44. The molecule has 0 aromatic heterocycles. The molecule has 0 radical (unpaired) electrons. The molecule has 0 aliphatic carbocycles. The first-order chi connectivity index (χ1) is 17.5. The van der Waals surface area contributed by atoms with Gasteiger partial charge in [-0.15, -0.1) is 0 Å². The van der Waals surface area contributed by atoms with Crippen molar-refractivity contribution in [2.45, 2.75) is 38.6 Å². The maximum Gasteiger partial charge on any atom is 0.295 e. The van der Waals surface area contributed by atoms with Gasteiger partial charge in [-0.2, -0.15) is 0 Å². The van der Waals surface area contributed by atoms with E-state index in [1.165, 1.54) is 24.1 Å². The van der Waals surface area contributed by atoms with Gasteiger partial charge >= 0.3 is 0 Å². The maximum absolute atomic E-state index is 13.4. The molecule has 192 valence electrons. The van der Waals surface area contributed by atoms with E-state index >= 15 is 0 Å². The maximum atomic E-state index is 13.4. The van der Waals surface area contributed by atoms with Crippen molar-refractivity contribution in [3.05, 3.63) is 99.6 Å². The number of Topliss-reactive ketones (excluding diaryl/α,β-unsaturated/α-hetero) is 1. The van der Waals surface area contributed by atoms with Gasteiger partial charge in [0, 0.05) is 11.6 Å². The molecule has 1 amide bonds. The topological polar surface area (TPSA) is 87.1 Å². The van der Waals surface area contributed by atoms with Crippen LogP contribution in [-0.4, -0.2) is 40.5 Å². The van der Waals surface area contributed by atoms with Crippen LogP contribution in [0.4, 0.5) is 0 Å². The van der Waals surface area contributed by atoms with Gasteiger partial charge in [-0.05, 0) is 64.9 Å². The third-order valence-electron chi connectivity index (χ3n) is 6.60. The van der Waals surface area contributed by atoms with Gasteiger partial charge in [0.2, 0.25) is 0 Å². The highest BCUT2D eigenvalue weighted by atomic mass is 35.5. The monoisotopic (exact) mass is 519 g/mol. The molecular formula is C30H30ClNO5. The molecule has 6 nitrogen and oxygen atoms in total. The van der Waals surface area contributed by atoms with Crippen LogP contribution in [0.15, 0.2) is 72.3 Å². The number of ketones is 1. The van der Waals surface area contributed by atoms with Crippen LogP contribution in [0.2, 0.25) is 5.02 Å². The van der Waals surface area contributed by atoms with Gasteiger partial charge in [0.25, 0.3) is 11.7 Å². The minimum atomic E-state index is -0.887. The Morgan fingerprint density at radius 3 is 2.35 bits per heavy atom. The van der Waals surface area contributed by atoms with E-state index in [0.717, 1.165) is 11.1 Å². The number of hydrogen-bond acceptors (Lipinski definition) is 5. The molecule has 2 N–H and O–H groups in total. The SMILES string of the molecule is COc1ccc(C(C)(C)C)cc1/C(O)=C1\C(=O)C(=O)N(CCc2ccc(Cl)cc2)C1c1cccc(O)c1. The average Bonchev–Trinajstić information content (AvgIpc) is 3.12. The summed E-state index contributed by atoms with van der Waals surface area (Å²) in [5.41, 5.74) is 2.45. The number of likely N-dealkylation sites (tertiary alicyclic amines) is 1. The summed E-state index contributed by atoms with van der Waals surface area (Å²) in [6, 6.07) is 18.2. The zero-order valence-electron chi connectivity index (χ0n) is 21.3. The number of aliphatic hydroxyl groups excluding tert-OH is 1. The first-order valence-electron chi connectivity index (χ1n) is 12.0. The number of aliphatic hydroxyl groups is 1. The highest BCUT2D eigenvalue weighted by molar-refractivity contribution is 6.46. The molecule has 1 unspecified atom stereocenters. The van der Waals surface area contributed by atoms with Gasteiger partial charge in [-0.25, -0.2) is 0 Å². The van der Waals surface area contributed by atoms with Crippen molar-refractivity contribution in [3.63, 3.8) is 0 Å². The molecule has 1 saturated heterocycles. The second kappa shape index (κ2) is 10.3. The van der Waals surface area contributed by atoms with Gasteiger partial charge < -0.3 is 19.8 Å². The standard InChI is InChI=1S/C30H30ClNO5/c1-30(2,3)20-10-13-24(37-4)23(17-20)27(34)25-26(19-6-5-7-22(33)16-19)32(29(36)28(25)35)15-14-18-8-11-21(31)12-9-18/h5-13,16-17,26,33-34H,14-15H2,1-4H3/b27-25+. The normalized spacial score (nSPS) is 17.3. The number of phenolic OH excluding ortho intramolecular Hbond substituents is 1. The molecule has 1 aliphatic rings. The summed E-state index contributed by atoms with van der Waals surface area (Å²) in [6.07, 6.45) is 0.475. The fraction of sp³-hybridized carbons (Fsp3) is 0.267. The molecule has 1 fully saturated rings. The number of amides is 1. The van der Waals surface area contributed by atoms with Crippen molar-refractivity contribution in [1.82, 2.24) is 4.90 Å². The minimum absolute atomic E-state index is 0.00639. The molecule has 4 rings (SSSR count). The lowest BCUT2D eigenvalue weighted by Crippen LogP contribution is -2.31. The number of methoxy groups -OCH3 is 1. The number of carbonyl (C=O) groups excluding carboxylic acids is 2. The number of aromatic hydroxyl groups is 1. The van der Waals surface area contributed by atoms with Gasteiger partial charge in [0.1, 0.15) is 17.3 Å². The Labute approximate surface area is 221 Å². The third-order valence-corrected chi connectivity index (χ3v) is 6.85. The predicted molar refractivity (Wildman–Crippen MR) is 144 cm³/mol. The molecule has 1 atom stereocenters. The molecule has 0 spiro atoms. The number of rotatable bonds is 6. The molecule has 1 heterocycles. The number of halogens is 1. The van der Waals surface area contributed by atoms with Crippen LogP contribution in [0.1, 0.15) is 49.1 Å². The smallest absolute Gasteiger partial charge is 0.295 e. The van der Waals surface area contributed by atoms with E-state index in [9.17, 15) is 19.8 Å². The van der Waals surface area contributed by atoms with E-state index in [1.54, 1.807) is 36.4 Å². The quantitative estimate of drug-likeness (QED) is 0.236. The lowest BCUT2D eigenvalue weighted by atomic mass is 9.85. The van der Waals surface area contributed by atoms with Crippen molar-refractivity contribution in [2.24, 2.45) is 0 Å². The van der Waals surface area contributed by atoms with Gasteiger partial charge in [-0.1, -0.05) is 62.7 Å². The molecule has 0 bridgehead atoms. The summed E-state index contributed by atoms with van der Waals surface area (Å²) in [5, 5.41) is 22.4. The minimum Gasteiger partial charge on any atom is -0.508 e. The molecule has 3 aromatic rings. The molecular weight excluding hydrogens is 490 g/mol. The summed E-state index contributed by atoms with van der Waals surface area (Å²) in [7, 11) is 1.49. The first kappa shape index (κ1) is 26.3. The zero-order valence-corrected chi connectivity index (χ0v) is 22.0. The fourth-order valence-electron chi connectivity index (χ4n) is 4.56. The predicted octanol–water partition coefficient (Wildman–Crippen LogP) is 6.02. The van der Waals surface area contributed by atoms with E-state index in [1.807, 2.05) is 39.0 Å². The Balaban J connectivity index is 1.85. The van der Waals surface area contributed by atoms with Gasteiger partial charge in [0.05, 0.1) is 24.3 Å². The van der Waals surface area contributed by atoms with E-state index in [4.69, 9.17) is 16.3 Å². The largest absolute Gasteiger partial charge is 0.508 e.